The van der Waals surface area contributed by atoms with Crippen molar-refractivity contribution in [1.29, 1.82) is 0 Å². The van der Waals surface area contributed by atoms with E-state index in [-0.39, 0.29) is 5.92 Å². The number of nitrogens with one attached hydrogen (secondary N) is 1. The number of benzene rings is 1. The van der Waals surface area contributed by atoms with Crippen LogP contribution >= 0.6 is 0 Å². The van der Waals surface area contributed by atoms with Gasteiger partial charge in [-0.15, -0.1) is 0 Å². The molecule has 2 heteroatoms. The molecule has 1 N–H and O–H groups in total. The van der Waals surface area contributed by atoms with Gasteiger partial charge in [0, 0.05) is 17.5 Å². The third-order valence-electron chi connectivity index (χ3n) is 3.48. The Morgan fingerprint density at radius 3 is 2.94 bits per heavy atom. The smallest absolute Gasteiger partial charge is 0.167 e. The SMILES string of the molecule is CCc1cccc(C(=O)C2CCNC2C)c1. The van der Waals surface area contributed by atoms with Gasteiger partial charge in [-0.05, 0) is 37.9 Å². The van der Waals surface area contributed by atoms with Gasteiger partial charge in [-0.1, -0.05) is 25.1 Å². The van der Waals surface area contributed by atoms with Gasteiger partial charge in [0.2, 0.25) is 0 Å². The Kier molecular flexibility index (Phi) is 3.39. The zero-order valence-corrected chi connectivity index (χ0v) is 9.99. The Balaban J connectivity index is 2.19. The van der Waals surface area contributed by atoms with Gasteiger partial charge in [0.05, 0.1) is 0 Å². The van der Waals surface area contributed by atoms with E-state index in [0.29, 0.717) is 11.8 Å². The first kappa shape index (κ1) is 11.3. The summed E-state index contributed by atoms with van der Waals surface area (Å²) in [5.74, 6) is 0.458. The summed E-state index contributed by atoms with van der Waals surface area (Å²) < 4.78 is 0. The number of hydrogen-bond acceptors (Lipinski definition) is 2. The first-order valence-electron chi connectivity index (χ1n) is 6.09. The number of hydrogen-bond donors (Lipinski definition) is 1. The Labute approximate surface area is 97.1 Å². The van der Waals surface area contributed by atoms with Gasteiger partial charge in [-0.25, -0.2) is 0 Å². The standard InChI is InChI=1S/C14H19NO/c1-3-11-5-4-6-12(9-11)14(16)13-7-8-15-10(13)2/h4-6,9-10,13,15H,3,7-8H2,1-2H3. The van der Waals surface area contributed by atoms with Crippen LogP contribution in [0.2, 0.25) is 0 Å². The van der Waals surface area contributed by atoms with E-state index in [4.69, 9.17) is 0 Å². The molecule has 2 nitrogen and oxygen atoms in total. The molecular formula is C14H19NO. The minimum atomic E-state index is 0.159. The summed E-state index contributed by atoms with van der Waals surface area (Å²) >= 11 is 0. The van der Waals surface area contributed by atoms with Crippen molar-refractivity contribution >= 4 is 5.78 Å². The van der Waals surface area contributed by atoms with Crippen LogP contribution in [0.15, 0.2) is 24.3 Å². The molecular weight excluding hydrogens is 198 g/mol. The molecule has 86 valence electrons. The van der Waals surface area contributed by atoms with E-state index in [1.54, 1.807) is 0 Å². The minimum absolute atomic E-state index is 0.159. The lowest BCUT2D eigenvalue weighted by atomic mass is 9.91. The molecule has 2 atom stereocenters. The van der Waals surface area contributed by atoms with Crippen molar-refractivity contribution in [2.24, 2.45) is 5.92 Å². The maximum absolute atomic E-state index is 12.3. The van der Waals surface area contributed by atoms with E-state index < -0.39 is 0 Å². The fourth-order valence-corrected chi connectivity index (χ4v) is 2.38. The Bertz CT molecular complexity index is 386. The number of carbonyl (C=O) groups excluding carboxylic acids is 1. The lowest BCUT2D eigenvalue weighted by molar-refractivity contribution is 0.0914. The van der Waals surface area contributed by atoms with Crippen LogP contribution < -0.4 is 5.32 Å². The van der Waals surface area contributed by atoms with Gasteiger partial charge in [-0.2, -0.15) is 0 Å². The van der Waals surface area contributed by atoms with Crippen LogP contribution in [-0.2, 0) is 6.42 Å². The normalized spacial score (nSPS) is 24.6. The van der Waals surface area contributed by atoms with Gasteiger partial charge in [-0.3, -0.25) is 4.79 Å². The molecule has 1 aliphatic rings. The molecule has 16 heavy (non-hydrogen) atoms. The largest absolute Gasteiger partial charge is 0.313 e. The highest BCUT2D eigenvalue weighted by Gasteiger charge is 2.29. The Morgan fingerprint density at radius 1 is 1.50 bits per heavy atom. The predicted molar refractivity (Wildman–Crippen MR) is 65.7 cm³/mol. The molecule has 0 saturated carbocycles. The fourth-order valence-electron chi connectivity index (χ4n) is 2.38. The minimum Gasteiger partial charge on any atom is -0.313 e. The van der Waals surface area contributed by atoms with E-state index >= 15 is 0 Å². The molecule has 0 spiro atoms. The average Bonchev–Trinajstić information content (AvgIpc) is 2.74. The summed E-state index contributed by atoms with van der Waals surface area (Å²) in [5, 5.41) is 3.33. The van der Waals surface area contributed by atoms with Crippen molar-refractivity contribution in [1.82, 2.24) is 5.32 Å². The zero-order valence-electron chi connectivity index (χ0n) is 9.99. The molecule has 0 aromatic heterocycles. The number of aryl methyl sites for hydroxylation is 1. The van der Waals surface area contributed by atoms with E-state index in [1.165, 1.54) is 5.56 Å². The second kappa shape index (κ2) is 4.79. The molecule has 1 fully saturated rings. The van der Waals surface area contributed by atoms with Crippen molar-refractivity contribution in [3.63, 3.8) is 0 Å². The number of rotatable bonds is 3. The number of ketones is 1. The lowest BCUT2D eigenvalue weighted by Gasteiger charge is -2.14. The van der Waals surface area contributed by atoms with Gasteiger partial charge < -0.3 is 5.32 Å². The molecule has 2 rings (SSSR count). The molecule has 0 aliphatic carbocycles. The second-order valence-corrected chi connectivity index (χ2v) is 4.56. The van der Waals surface area contributed by atoms with Crippen LogP contribution in [0.1, 0.15) is 36.2 Å². The van der Waals surface area contributed by atoms with Gasteiger partial charge in [0.15, 0.2) is 5.78 Å². The molecule has 1 aromatic rings. The molecule has 2 unspecified atom stereocenters. The maximum atomic E-state index is 12.3. The Morgan fingerprint density at radius 2 is 2.31 bits per heavy atom. The van der Waals surface area contributed by atoms with Crippen LogP contribution in [0.4, 0.5) is 0 Å². The number of carbonyl (C=O) groups is 1. The highest BCUT2D eigenvalue weighted by atomic mass is 16.1. The van der Waals surface area contributed by atoms with Crippen molar-refractivity contribution in [3.05, 3.63) is 35.4 Å². The van der Waals surface area contributed by atoms with Crippen LogP contribution in [0.3, 0.4) is 0 Å². The monoisotopic (exact) mass is 217 g/mol. The third-order valence-corrected chi connectivity index (χ3v) is 3.48. The second-order valence-electron chi connectivity index (χ2n) is 4.56. The molecule has 0 bridgehead atoms. The molecule has 1 saturated heterocycles. The fraction of sp³-hybridized carbons (Fsp3) is 0.500. The maximum Gasteiger partial charge on any atom is 0.167 e. The molecule has 0 amide bonds. The summed E-state index contributed by atoms with van der Waals surface area (Å²) in [6, 6.07) is 8.35. The van der Waals surface area contributed by atoms with Crippen LogP contribution in [0, 0.1) is 5.92 Å². The lowest BCUT2D eigenvalue weighted by Crippen LogP contribution is -2.28. The highest BCUT2D eigenvalue weighted by molar-refractivity contribution is 5.98. The molecule has 1 aromatic carbocycles. The summed E-state index contributed by atoms with van der Waals surface area (Å²) in [4.78, 5) is 12.3. The first-order valence-corrected chi connectivity index (χ1v) is 6.09. The third kappa shape index (κ3) is 2.17. The molecule has 1 aliphatic heterocycles. The number of Topliss-reactive ketones (excluding diaryl/α,β-unsaturated/α-hetero) is 1. The summed E-state index contributed by atoms with van der Waals surface area (Å²) in [5.41, 5.74) is 2.12. The van der Waals surface area contributed by atoms with E-state index in [2.05, 4.69) is 25.2 Å². The zero-order chi connectivity index (χ0) is 11.5. The average molecular weight is 217 g/mol. The van der Waals surface area contributed by atoms with Crippen molar-refractivity contribution < 1.29 is 4.79 Å². The van der Waals surface area contributed by atoms with Crippen molar-refractivity contribution in [2.45, 2.75) is 32.7 Å². The molecule has 0 radical (unpaired) electrons. The summed E-state index contributed by atoms with van der Waals surface area (Å²) in [6.45, 7) is 5.17. The van der Waals surface area contributed by atoms with Gasteiger partial charge >= 0.3 is 0 Å². The van der Waals surface area contributed by atoms with Crippen molar-refractivity contribution in [3.8, 4) is 0 Å². The van der Waals surface area contributed by atoms with E-state index in [1.807, 2.05) is 18.2 Å². The summed E-state index contributed by atoms with van der Waals surface area (Å²) in [7, 11) is 0. The highest BCUT2D eigenvalue weighted by Crippen LogP contribution is 2.21. The quantitative estimate of drug-likeness (QED) is 0.788. The summed E-state index contributed by atoms with van der Waals surface area (Å²) in [6.07, 6.45) is 1.95. The van der Waals surface area contributed by atoms with Crippen LogP contribution in [0.5, 0.6) is 0 Å². The van der Waals surface area contributed by atoms with Crippen LogP contribution in [0.25, 0.3) is 0 Å². The molecule has 1 heterocycles. The first-order chi connectivity index (χ1) is 7.72. The van der Waals surface area contributed by atoms with Gasteiger partial charge in [0.25, 0.3) is 0 Å². The van der Waals surface area contributed by atoms with Gasteiger partial charge in [0.1, 0.15) is 0 Å². The van der Waals surface area contributed by atoms with E-state index in [0.717, 1.165) is 24.9 Å². The van der Waals surface area contributed by atoms with Crippen molar-refractivity contribution in [2.75, 3.05) is 6.54 Å². The Hall–Kier alpha value is -1.15. The predicted octanol–water partition coefficient (Wildman–Crippen LogP) is 2.43. The van der Waals surface area contributed by atoms with E-state index in [9.17, 15) is 4.79 Å². The van der Waals surface area contributed by atoms with Crippen LogP contribution in [-0.4, -0.2) is 18.4 Å². The topological polar surface area (TPSA) is 29.1 Å².